The van der Waals surface area contributed by atoms with Gasteiger partial charge in [-0.3, -0.25) is 4.40 Å². The summed E-state index contributed by atoms with van der Waals surface area (Å²) < 4.78 is 51.8. The van der Waals surface area contributed by atoms with E-state index in [2.05, 4.69) is 15.0 Å². The van der Waals surface area contributed by atoms with Crippen LogP contribution in [0.2, 0.25) is 0 Å². The van der Waals surface area contributed by atoms with E-state index < -0.39 is 17.8 Å². The van der Waals surface area contributed by atoms with Crippen LogP contribution in [0.25, 0.3) is 17.0 Å². The number of rotatable bonds is 1. The van der Waals surface area contributed by atoms with Gasteiger partial charge in [-0.1, -0.05) is 0 Å². The van der Waals surface area contributed by atoms with Crippen LogP contribution in [0.15, 0.2) is 36.8 Å². The Hall–Kier alpha value is -2.51. The fraction of sp³-hybridized carbons (Fsp3) is 0.0833. The maximum Gasteiger partial charge on any atom is 0.433 e. The topological polar surface area (TPSA) is 43.1 Å². The minimum atomic E-state index is -4.52. The zero-order valence-electron chi connectivity index (χ0n) is 9.76. The fourth-order valence-corrected chi connectivity index (χ4v) is 1.77. The summed E-state index contributed by atoms with van der Waals surface area (Å²) in [5.41, 5.74) is -0.00596. The highest BCUT2D eigenvalue weighted by molar-refractivity contribution is 5.61. The molecule has 0 unspecified atom stereocenters. The molecule has 0 aliphatic heterocycles. The normalized spacial score (nSPS) is 12.0. The molecule has 0 radical (unpaired) electrons. The van der Waals surface area contributed by atoms with E-state index >= 15 is 0 Å². The Bertz CT molecular complexity index is 761. The van der Waals surface area contributed by atoms with Crippen LogP contribution in [-0.4, -0.2) is 19.4 Å². The molecule has 3 heterocycles. The average molecular weight is 282 g/mol. The first kappa shape index (κ1) is 12.5. The fourth-order valence-electron chi connectivity index (χ4n) is 1.77. The molecule has 0 N–H and O–H groups in total. The van der Waals surface area contributed by atoms with Gasteiger partial charge in [-0.05, 0) is 18.2 Å². The molecule has 0 atom stereocenters. The molecule has 4 nitrogen and oxygen atoms in total. The Morgan fingerprint density at radius 3 is 2.45 bits per heavy atom. The summed E-state index contributed by atoms with van der Waals surface area (Å²) in [4.78, 5) is 10.8. The lowest BCUT2D eigenvalue weighted by atomic mass is 10.2. The van der Waals surface area contributed by atoms with Gasteiger partial charge in [0.05, 0.1) is 11.9 Å². The summed E-state index contributed by atoms with van der Waals surface area (Å²) in [7, 11) is 0. The Morgan fingerprint density at radius 1 is 1.00 bits per heavy atom. The third-order valence-corrected chi connectivity index (χ3v) is 2.69. The molecule has 3 rings (SSSR count). The molecule has 8 heteroatoms. The number of fused-ring (bicyclic) bond motifs is 1. The third-order valence-electron chi connectivity index (χ3n) is 2.69. The molecule has 0 fully saturated rings. The highest BCUT2D eigenvalue weighted by atomic mass is 19.4. The smallest absolute Gasteiger partial charge is 0.284 e. The molecule has 0 saturated carbocycles. The van der Waals surface area contributed by atoms with Crippen molar-refractivity contribution in [2.24, 2.45) is 0 Å². The van der Waals surface area contributed by atoms with Gasteiger partial charge in [0, 0.05) is 18.0 Å². The summed E-state index contributed by atoms with van der Waals surface area (Å²) in [5.74, 6) is -0.723. The van der Waals surface area contributed by atoms with Gasteiger partial charge in [0.1, 0.15) is 5.69 Å². The van der Waals surface area contributed by atoms with E-state index in [4.69, 9.17) is 0 Å². The Kier molecular flexibility index (Phi) is 2.66. The van der Waals surface area contributed by atoms with E-state index in [1.807, 2.05) is 0 Å². The van der Waals surface area contributed by atoms with Gasteiger partial charge in [-0.15, -0.1) is 0 Å². The van der Waals surface area contributed by atoms with Crippen LogP contribution in [0.3, 0.4) is 0 Å². The van der Waals surface area contributed by atoms with Crippen LogP contribution in [0.1, 0.15) is 5.69 Å². The number of imidazole rings is 1. The standard InChI is InChI=1S/C12H6F4N4/c13-10-2-1-7(5-17-10)8-6-18-11-19-9(12(14,15)16)3-4-20(8)11/h1-6H. The Balaban J connectivity index is 2.13. The summed E-state index contributed by atoms with van der Waals surface area (Å²) in [6, 6.07) is 3.48. The number of aromatic nitrogens is 4. The van der Waals surface area contributed by atoms with Gasteiger partial charge >= 0.3 is 6.18 Å². The molecule has 102 valence electrons. The number of hydrogen-bond donors (Lipinski definition) is 0. The first-order valence-electron chi connectivity index (χ1n) is 5.48. The lowest BCUT2D eigenvalue weighted by Gasteiger charge is -2.06. The SMILES string of the molecule is Fc1ccc(-c2cnc3nc(C(F)(F)F)ccn23)cn1. The van der Waals surface area contributed by atoms with Gasteiger partial charge in [0.15, 0.2) is 0 Å². The van der Waals surface area contributed by atoms with Crippen molar-refractivity contribution >= 4 is 5.78 Å². The molecule has 3 aromatic heterocycles. The Labute approximate surface area is 109 Å². The van der Waals surface area contributed by atoms with Crippen LogP contribution in [0, 0.1) is 5.95 Å². The van der Waals surface area contributed by atoms with Crippen molar-refractivity contribution in [1.82, 2.24) is 19.4 Å². The molecule has 0 aliphatic carbocycles. The molecular formula is C12H6F4N4. The predicted octanol–water partition coefficient (Wildman–Crippen LogP) is 2.95. The first-order valence-corrected chi connectivity index (χ1v) is 5.48. The monoisotopic (exact) mass is 282 g/mol. The number of alkyl halides is 3. The van der Waals surface area contributed by atoms with Crippen molar-refractivity contribution in [2.45, 2.75) is 6.18 Å². The highest BCUT2D eigenvalue weighted by Gasteiger charge is 2.32. The zero-order valence-corrected chi connectivity index (χ0v) is 9.76. The van der Waals surface area contributed by atoms with Gasteiger partial charge in [0.2, 0.25) is 11.7 Å². The molecule has 20 heavy (non-hydrogen) atoms. The third kappa shape index (κ3) is 2.09. The first-order chi connectivity index (χ1) is 9.45. The largest absolute Gasteiger partial charge is 0.433 e. The maximum absolute atomic E-state index is 12.8. The summed E-state index contributed by atoms with van der Waals surface area (Å²) in [6.45, 7) is 0. The highest BCUT2D eigenvalue weighted by Crippen LogP contribution is 2.28. The van der Waals surface area contributed by atoms with Gasteiger partial charge in [-0.2, -0.15) is 17.6 Å². The van der Waals surface area contributed by atoms with Crippen molar-refractivity contribution in [2.75, 3.05) is 0 Å². The molecule has 0 spiro atoms. The number of nitrogens with zero attached hydrogens (tertiary/aromatic N) is 4. The second-order valence-electron chi connectivity index (χ2n) is 3.99. The Morgan fingerprint density at radius 2 is 1.80 bits per heavy atom. The second kappa shape index (κ2) is 4.26. The minimum Gasteiger partial charge on any atom is -0.284 e. The van der Waals surface area contributed by atoms with Gasteiger partial charge < -0.3 is 0 Å². The molecule has 0 amide bonds. The molecule has 0 aliphatic rings. The lowest BCUT2D eigenvalue weighted by Crippen LogP contribution is -2.09. The lowest BCUT2D eigenvalue weighted by molar-refractivity contribution is -0.141. The van der Waals surface area contributed by atoms with Crippen LogP contribution in [-0.2, 0) is 6.18 Å². The minimum absolute atomic E-state index is 0.0841. The van der Waals surface area contributed by atoms with E-state index in [-0.39, 0.29) is 5.78 Å². The number of pyridine rings is 1. The average Bonchev–Trinajstić information content (AvgIpc) is 2.81. The van der Waals surface area contributed by atoms with Crippen molar-refractivity contribution in [1.29, 1.82) is 0 Å². The molecule has 0 saturated heterocycles. The van der Waals surface area contributed by atoms with E-state index in [9.17, 15) is 17.6 Å². The summed E-state index contributed by atoms with van der Waals surface area (Å²) in [6.07, 6.45) is -0.671. The zero-order chi connectivity index (χ0) is 14.3. The van der Waals surface area contributed by atoms with Crippen molar-refractivity contribution < 1.29 is 17.6 Å². The van der Waals surface area contributed by atoms with E-state index in [0.29, 0.717) is 11.3 Å². The molecule has 3 aromatic rings. The van der Waals surface area contributed by atoms with Crippen LogP contribution >= 0.6 is 0 Å². The second-order valence-corrected chi connectivity index (χ2v) is 3.99. The molecular weight excluding hydrogens is 276 g/mol. The van der Waals surface area contributed by atoms with Crippen LogP contribution in [0.5, 0.6) is 0 Å². The van der Waals surface area contributed by atoms with Gasteiger partial charge in [-0.25, -0.2) is 15.0 Å². The van der Waals surface area contributed by atoms with E-state index in [1.165, 1.54) is 29.1 Å². The van der Waals surface area contributed by atoms with E-state index in [0.717, 1.165) is 12.1 Å². The number of halogens is 4. The number of hydrogen-bond acceptors (Lipinski definition) is 3. The van der Waals surface area contributed by atoms with Gasteiger partial charge in [0.25, 0.3) is 0 Å². The summed E-state index contributed by atoms with van der Waals surface area (Å²) in [5, 5.41) is 0. The van der Waals surface area contributed by atoms with Crippen molar-refractivity contribution in [3.63, 3.8) is 0 Å². The molecule has 0 aromatic carbocycles. The predicted molar refractivity (Wildman–Crippen MR) is 61.2 cm³/mol. The molecule has 0 bridgehead atoms. The van der Waals surface area contributed by atoms with Crippen molar-refractivity contribution in [3.05, 3.63) is 48.4 Å². The van der Waals surface area contributed by atoms with Crippen molar-refractivity contribution in [3.8, 4) is 11.3 Å². The quantitative estimate of drug-likeness (QED) is 0.509. The van der Waals surface area contributed by atoms with Crippen LogP contribution in [0.4, 0.5) is 17.6 Å². The van der Waals surface area contributed by atoms with Crippen LogP contribution < -0.4 is 0 Å². The maximum atomic E-state index is 12.8. The van der Waals surface area contributed by atoms with E-state index in [1.54, 1.807) is 0 Å². The summed E-state index contributed by atoms with van der Waals surface area (Å²) >= 11 is 0.